The molecule has 2 N–H and O–H groups in total. The number of hydroxylamine groups is 1. The van der Waals surface area contributed by atoms with E-state index in [9.17, 15) is 22.8 Å². The molecule has 12 heteroatoms. The van der Waals surface area contributed by atoms with E-state index < -0.39 is 40.0 Å². The maximum Gasteiger partial charge on any atom is 0.327 e. The van der Waals surface area contributed by atoms with Crippen LogP contribution in [0.5, 0.6) is 5.75 Å². The van der Waals surface area contributed by atoms with Gasteiger partial charge in [-0.25, -0.2) is 18.7 Å². The zero-order valence-electron chi connectivity index (χ0n) is 17.5. The van der Waals surface area contributed by atoms with E-state index in [2.05, 4.69) is 0 Å². The SMILES string of the molecule is CC(C)COc1ccc(S(=O)(=O)N2C[C@@H](N3C(=O)CN(C)C3=O)C[C@@H]2C(=O)NO)cc1. The maximum absolute atomic E-state index is 13.3. The van der Waals surface area contributed by atoms with Crippen LogP contribution in [0.2, 0.25) is 0 Å². The molecular formula is C19H26N4O7S. The van der Waals surface area contributed by atoms with E-state index in [4.69, 9.17) is 9.94 Å². The lowest BCUT2D eigenvalue weighted by Crippen LogP contribution is -2.45. The predicted octanol–water partition coefficient (Wildman–Crippen LogP) is 0.252. The molecule has 0 saturated carbocycles. The Morgan fingerprint density at radius 1 is 1.26 bits per heavy atom. The molecule has 2 aliphatic heterocycles. The molecule has 2 saturated heterocycles. The molecule has 2 aliphatic rings. The third kappa shape index (κ3) is 4.50. The van der Waals surface area contributed by atoms with E-state index in [1.54, 1.807) is 0 Å². The Kier molecular flexibility index (Phi) is 6.53. The number of ether oxygens (including phenoxy) is 1. The Labute approximate surface area is 180 Å². The predicted molar refractivity (Wildman–Crippen MR) is 108 cm³/mol. The van der Waals surface area contributed by atoms with Crippen LogP contribution in [-0.4, -0.2) is 84.4 Å². The van der Waals surface area contributed by atoms with Crippen molar-refractivity contribution in [3.8, 4) is 5.75 Å². The van der Waals surface area contributed by atoms with Crippen molar-refractivity contribution in [1.29, 1.82) is 0 Å². The first kappa shape index (κ1) is 23.0. The molecule has 0 aliphatic carbocycles. The highest BCUT2D eigenvalue weighted by Crippen LogP contribution is 2.31. The monoisotopic (exact) mass is 454 g/mol. The van der Waals surface area contributed by atoms with Crippen LogP contribution in [0.1, 0.15) is 20.3 Å². The molecule has 1 aromatic rings. The number of sulfonamides is 1. The molecule has 11 nitrogen and oxygen atoms in total. The van der Waals surface area contributed by atoms with E-state index in [1.165, 1.54) is 41.7 Å². The average Bonchev–Trinajstić information content (AvgIpc) is 3.27. The van der Waals surface area contributed by atoms with Gasteiger partial charge in [0.25, 0.3) is 11.8 Å². The molecule has 0 aromatic heterocycles. The van der Waals surface area contributed by atoms with Crippen molar-refractivity contribution in [2.75, 3.05) is 26.7 Å². The minimum absolute atomic E-state index is 0.0722. The van der Waals surface area contributed by atoms with Gasteiger partial charge >= 0.3 is 6.03 Å². The number of carbonyl (C=O) groups excluding carboxylic acids is 3. The van der Waals surface area contributed by atoms with Gasteiger partial charge in [0.05, 0.1) is 17.5 Å². The average molecular weight is 455 g/mol. The summed E-state index contributed by atoms with van der Waals surface area (Å²) in [7, 11) is -2.70. The highest BCUT2D eigenvalue weighted by Gasteiger charge is 2.50. The smallest absolute Gasteiger partial charge is 0.327 e. The van der Waals surface area contributed by atoms with Crippen LogP contribution in [0.25, 0.3) is 0 Å². The van der Waals surface area contributed by atoms with E-state index in [-0.39, 0.29) is 24.4 Å². The number of benzene rings is 1. The highest BCUT2D eigenvalue weighted by atomic mass is 32.2. The number of nitrogens with zero attached hydrogens (tertiary/aromatic N) is 3. The van der Waals surface area contributed by atoms with Crippen LogP contribution < -0.4 is 10.2 Å². The van der Waals surface area contributed by atoms with Gasteiger partial charge in [-0.15, -0.1) is 0 Å². The van der Waals surface area contributed by atoms with Crippen LogP contribution in [0.4, 0.5) is 4.79 Å². The number of hydrogen-bond donors (Lipinski definition) is 2. The molecule has 31 heavy (non-hydrogen) atoms. The van der Waals surface area contributed by atoms with Crippen LogP contribution in [0.15, 0.2) is 29.2 Å². The summed E-state index contributed by atoms with van der Waals surface area (Å²) in [4.78, 5) is 38.9. The van der Waals surface area contributed by atoms with Gasteiger partial charge < -0.3 is 9.64 Å². The molecule has 1 aromatic carbocycles. The van der Waals surface area contributed by atoms with Gasteiger partial charge in [-0.05, 0) is 36.6 Å². The van der Waals surface area contributed by atoms with Gasteiger partial charge in [0.2, 0.25) is 10.0 Å². The molecule has 0 spiro atoms. The van der Waals surface area contributed by atoms with E-state index in [1.807, 2.05) is 13.8 Å². The molecule has 2 atom stereocenters. The number of amides is 4. The second-order valence-corrected chi connectivity index (χ2v) is 9.93. The second-order valence-electron chi connectivity index (χ2n) is 8.03. The lowest BCUT2D eigenvalue weighted by molar-refractivity contribution is -0.132. The Morgan fingerprint density at radius 3 is 2.42 bits per heavy atom. The minimum atomic E-state index is -4.16. The number of carbonyl (C=O) groups is 3. The van der Waals surface area contributed by atoms with Crippen molar-refractivity contribution in [2.24, 2.45) is 5.92 Å². The van der Waals surface area contributed by atoms with Crippen molar-refractivity contribution in [3.05, 3.63) is 24.3 Å². The molecular weight excluding hydrogens is 428 g/mol. The number of urea groups is 1. The topological polar surface area (TPSA) is 137 Å². The van der Waals surface area contributed by atoms with Crippen LogP contribution in [0.3, 0.4) is 0 Å². The van der Waals surface area contributed by atoms with Crippen molar-refractivity contribution >= 4 is 27.9 Å². The zero-order valence-corrected chi connectivity index (χ0v) is 18.3. The number of likely N-dealkylation sites (N-methyl/N-ethyl adjacent to an activating group) is 1. The quantitative estimate of drug-likeness (QED) is 0.342. The van der Waals surface area contributed by atoms with Gasteiger partial charge in [-0.1, -0.05) is 13.8 Å². The van der Waals surface area contributed by atoms with E-state index in [0.29, 0.717) is 18.3 Å². The summed E-state index contributed by atoms with van der Waals surface area (Å²) in [5.41, 5.74) is 1.48. The van der Waals surface area contributed by atoms with Crippen molar-refractivity contribution in [2.45, 2.75) is 37.2 Å². The molecule has 170 valence electrons. The molecule has 0 bridgehead atoms. The normalized spacial score (nSPS) is 22.5. The number of nitrogens with one attached hydrogen (secondary N) is 1. The summed E-state index contributed by atoms with van der Waals surface area (Å²) in [5.74, 6) is -0.590. The summed E-state index contributed by atoms with van der Waals surface area (Å²) in [6, 6.07) is 3.13. The first-order chi connectivity index (χ1) is 14.6. The first-order valence-corrected chi connectivity index (χ1v) is 11.3. The van der Waals surface area contributed by atoms with Gasteiger partial charge in [0, 0.05) is 13.6 Å². The Balaban J connectivity index is 1.86. The Hall–Kier alpha value is -2.70. The van der Waals surface area contributed by atoms with Crippen molar-refractivity contribution in [3.63, 3.8) is 0 Å². The Morgan fingerprint density at radius 2 is 1.90 bits per heavy atom. The van der Waals surface area contributed by atoms with Gasteiger partial charge in [-0.3, -0.25) is 19.7 Å². The van der Waals surface area contributed by atoms with Crippen LogP contribution in [-0.2, 0) is 19.6 Å². The molecule has 2 fully saturated rings. The largest absolute Gasteiger partial charge is 0.493 e. The lowest BCUT2D eigenvalue weighted by atomic mass is 10.1. The van der Waals surface area contributed by atoms with Gasteiger partial charge in [0.15, 0.2) is 0 Å². The summed E-state index contributed by atoms with van der Waals surface area (Å²) < 4.78 is 33.0. The summed E-state index contributed by atoms with van der Waals surface area (Å²) in [6.45, 7) is 4.09. The van der Waals surface area contributed by atoms with E-state index in [0.717, 1.165) is 9.21 Å². The first-order valence-electron chi connectivity index (χ1n) is 9.82. The zero-order chi connectivity index (χ0) is 22.9. The van der Waals surface area contributed by atoms with Crippen molar-refractivity contribution in [1.82, 2.24) is 19.6 Å². The second kappa shape index (κ2) is 8.81. The lowest BCUT2D eigenvalue weighted by Gasteiger charge is -2.23. The fraction of sp³-hybridized carbons (Fsp3) is 0.526. The Bertz CT molecular complexity index is 964. The molecule has 0 unspecified atom stereocenters. The molecule has 3 rings (SSSR count). The van der Waals surface area contributed by atoms with E-state index >= 15 is 0 Å². The molecule has 2 heterocycles. The van der Waals surface area contributed by atoms with Gasteiger partial charge in [0.1, 0.15) is 18.3 Å². The highest BCUT2D eigenvalue weighted by molar-refractivity contribution is 7.89. The fourth-order valence-corrected chi connectivity index (χ4v) is 5.29. The molecule has 0 radical (unpaired) electrons. The van der Waals surface area contributed by atoms with Crippen LogP contribution >= 0.6 is 0 Å². The number of imide groups is 1. The third-order valence-electron chi connectivity index (χ3n) is 5.20. The summed E-state index contributed by atoms with van der Waals surface area (Å²) in [6.07, 6.45) is -0.119. The number of rotatable bonds is 7. The summed E-state index contributed by atoms with van der Waals surface area (Å²) >= 11 is 0. The maximum atomic E-state index is 13.3. The molecule has 4 amide bonds. The van der Waals surface area contributed by atoms with Crippen LogP contribution in [0, 0.1) is 5.92 Å². The third-order valence-corrected chi connectivity index (χ3v) is 7.09. The van der Waals surface area contributed by atoms with Crippen molar-refractivity contribution < 1.29 is 32.7 Å². The standard InChI is InChI=1S/C19H26N4O7S/c1-12(2)11-30-14-4-6-15(7-5-14)31(28,29)22-9-13(8-16(22)18(25)20-27)23-17(24)10-21(3)19(23)26/h4-7,12-13,16,27H,8-11H2,1-3H3,(H,20,25)/t13-,16+/m0/s1. The van der Waals surface area contributed by atoms with Gasteiger partial charge in [-0.2, -0.15) is 4.31 Å². The fourth-order valence-electron chi connectivity index (χ4n) is 3.65. The minimum Gasteiger partial charge on any atom is -0.493 e. The summed E-state index contributed by atoms with van der Waals surface area (Å²) in [5, 5.41) is 9.09. The number of hydrogen-bond acceptors (Lipinski definition) is 7.